The van der Waals surface area contributed by atoms with Gasteiger partial charge in [-0.25, -0.2) is 8.78 Å². The number of aliphatic hydroxyl groups excluding tert-OH is 1. The largest absolute Gasteiger partial charge is 0.495 e. The molecule has 0 aliphatic heterocycles. The number of aromatic nitrogens is 1. The van der Waals surface area contributed by atoms with E-state index >= 15 is 0 Å². The number of alkyl halides is 2. The molecule has 0 aromatic carbocycles. The lowest BCUT2D eigenvalue weighted by Crippen LogP contribution is -2.02. The maximum absolute atomic E-state index is 12.6. The van der Waals surface area contributed by atoms with Gasteiger partial charge in [0.15, 0.2) is 0 Å². The van der Waals surface area contributed by atoms with Gasteiger partial charge in [0.1, 0.15) is 5.75 Å². The quantitative estimate of drug-likeness (QED) is 0.814. The molecule has 1 aromatic heterocycles. The minimum atomic E-state index is -2.63. The number of pyridine rings is 1. The molecule has 0 saturated carbocycles. The van der Waals surface area contributed by atoms with Gasteiger partial charge >= 0.3 is 0 Å². The molecule has 1 heterocycles. The topological polar surface area (TPSA) is 42.4 Å². The first-order valence-corrected chi connectivity index (χ1v) is 4.03. The molecule has 78 valence electrons. The average Bonchev–Trinajstić information content (AvgIpc) is 2.16. The monoisotopic (exact) mass is 203 g/mol. The van der Waals surface area contributed by atoms with Crippen LogP contribution in [0.25, 0.3) is 0 Å². The third kappa shape index (κ3) is 1.82. The number of nitrogens with zero attached hydrogens (tertiary/aromatic N) is 1. The number of hydrogen-bond donors (Lipinski definition) is 1. The van der Waals surface area contributed by atoms with Gasteiger partial charge in [0.05, 0.1) is 31.2 Å². The van der Waals surface area contributed by atoms with Gasteiger partial charge < -0.3 is 9.84 Å². The lowest BCUT2D eigenvalue weighted by atomic mass is 10.1. The molecule has 0 amide bonds. The first kappa shape index (κ1) is 10.8. The van der Waals surface area contributed by atoms with Gasteiger partial charge in [-0.15, -0.1) is 0 Å². The average molecular weight is 203 g/mol. The number of ether oxygens (including phenoxy) is 1. The van der Waals surface area contributed by atoms with Crippen molar-refractivity contribution in [2.45, 2.75) is 20.0 Å². The normalized spacial score (nSPS) is 10.7. The van der Waals surface area contributed by atoms with E-state index in [-0.39, 0.29) is 29.2 Å². The van der Waals surface area contributed by atoms with Crippen LogP contribution in [0.15, 0.2) is 6.20 Å². The molecule has 0 aliphatic rings. The predicted octanol–water partition coefficient (Wildman–Crippen LogP) is 1.83. The Morgan fingerprint density at radius 1 is 1.57 bits per heavy atom. The van der Waals surface area contributed by atoms with Crippen LogP contribution in [0.5, 0.6) is 5.75 Å². The van der Waals surface area contributed by atoms with E-state index in [9.17, 15) is 8.78 Å². The van der Waals surface area contributed by atoms with E-state index in [4.69, 9.17) is 9.84 Å². The highest BCUT2D eigenvalue weighted by Crippen LogP contribution is 2.32. The van der Waals surface area contributed by atoms with Crippen LogP contribution in [0.4, 0.5) is 8.78 Å². The maximum atomic E-state index is 12.6. The van der Waals surface area contributed by atoms with Gasteiger partial charge in [0.2, 0.25) is 0 Å². The van der Waals surface area contributed by atoms with Gasteiger partial charge in [-0.1, -0.05) is 0 Å². The van der Waals surface area contributed by atoms with Crippen molar-refractivity contribution in [3.05, 3.63) is 23.0 Å². The summed E-state index contributed by atoms with van der Waals surface area (Å²) in [5.41, 5.74) is 0.328. The highest BCUT2D eigenvalue weighted by Gasteiger charge is 2.19. The summed E-state index contributed by atoms with van der Waals surface area (Å²) in [5, 5.41) is 8.84. The fourth-order valence-corrected chi connectivity index (χ4v) is 1.24. The summed E-state index contributed by atoms with van der Waals surface area (Å²) in [7, 11) is 1.31. The molecule has 5 heteroatoms. The van der Waals surface area contributed by atoms with Crippen LogP contribution in [0.1, 0.15) is 23.2 Å². The molecule has 0 fully saturated rings. The van der Waals surface area contributed by atoms with Crippen molar-refractivity contribution in [3.63, 3.8) is 0 Å². The molecule has 0 bridgehead atoms. The Morgan fingerprint density at radius 3 is 2.64 bits per heavy atom. The molecule has 0 saturated heterocycles. The molecule has 1 N–H and O–H groups in total. The molecule has 1 aromatic rings. The lowest BCUT2D eigenvalue weighted by Gasteiger charge is -2.12. The highest BCUT2D eigenvalue weighted by atomic mass is 19.3. The zero-order valence-electron chi connectivity index (χ0n) is 7.92. The van der Waals surface area contributed by atoms with Crippen LogP contribution in [0.2, 0.25) is 0 Å². The molecular formula is C9H11F2NO2. The maximum Gasteiger partial charge on any atom is 0.267 e. The number of methoxy groups -OCH3 is 1. The van der Waals surface area contributed by atoms with E-state index in [1.807, 2.05) is 0 Å². The van der Waals surface area contributed by atoms with Crippen LogP contribution in [-0.4, -0.2) is 17.2 Å². The van der Waals surface area contributed by atoms with Gasteiger partial charge in [-0.3, -0.25) is 4.98 Å². The third-order valence-electron chi connectivity index (χ3n) is 2.03. The Morgan fingerprint density at radius 2 is 2.21 bits per heavy atom. The Hall–Kier alpha value is -1.23. The number of aliphatic hydroxyl groups is 1. The van der Waals surface area contributed by atoms with Crippen LogP contribution in [0, 0.1) is 6.92 Å². The standard InChI is InChI=1S/C9H11F2NO2/c1-5-6(4-13)12-3-7(14-2)8(5)9(10)11/h3,9,13H,4H2,1-2H3. The summed E-state index contributed by atoms with van der Waals surface area (Å²) >= 11 is 0. The summed E-state index contributed by atoms with van der Waals surface area (Å²) in [5.74, 6) is 0.0506. The molecule has 3 nitrogen and oxygen atoms in total. The van der Waals surface area contributed by atoms with E-state index in [1.54, 1.807) is 0 Å². The van der Waals surface area contributed by atoms with E-state index in [1.165, 1.54) is 20.2 Å². The Bertz CT molecular complexity index is 329. The zero-order valence-corrected chi connectivity index (χ0v) is 7.92. The van der Waals surface area contributed by atoms with Crippen LogP contribution < -0.4 is 4.74 Å². The van der Waals surface area contributed by atoms with Gasteiger partial charge in [0.25, 0.3) is 6.43 Å². The van der Waals surface area contributed by atoms with Crippen molar-refractivity contribution in [3.8, 4) is 5.75 Å². The summed E-state index contributed by atoms with van der Waals surface area (Å²) in [6.07, 6.45) is -1.43. The predicted molar refractivity (Wildman–Crippen MR) is 46.4 cm³/mol. The molecule has 0 radical (unpaired) electrons. The van der Waals surface area contributed by atoms with Crippen molar-refractivity contribution >= 4 is 0 Å². The van der Waals surface area contributed by atoms with Crippen molar-refractivity contribution in [1.29, 1.82) is 0 Å². The summed E-state index contributed by atoms with van der Waals surface area (Å²) in [4.78, 5) is 3.80. The number of halogens is 2. The van der Waals surface area contributed by atoms with Gasteiger partial charge in [-0.2, -0.15) is 0 Å². The van der Waals surface area contributed by atoms with E-state index in [0.29, 0.717) is 0 Å². The summed E-state index contributed by atoms with van der Waals surface area (Å²) in [6, 6.07) is 0. The fraction of sp³-hybridized carbons (Fsp3) is 0.444. The van der Waals surface area contributed by atoms with Crippen molar-refractivity contribution in [1.82, 2.24) is 4.98 Å². The highest BCUT2D eigenvalue weighted by molar-refractivity contribution is 5.40. The lowest BCUT2D eigenvalue weighted by molar-refractivity contribution is 0.145. The molecule has 1 rings (SSSR count). The van der Waals surface area contributed by atoms with Crippen LogP contribution in [0.3, 0.4) is 0 Å². The van der Waals surface area contributed by atoms with Crippen molar-refractivity contribution in [2.24, 2.45) is 0 Å². The molecule has 0 unspecified atom stereocenters. The Kier molecular flexibility index (Phi) is 3.35. The zero-order chi connectivity index (χ0) is 10.7. The Balaban J connectivity index is 3.31. The number of hydrogen-bond acceptors (Lipinski definition) is 3. The summed E-state index contributed by atoms with van der Waals surface area (Å²) in [6.45, 7) is 1.14. The Labute approximate surface area is 80.3 Å². The number of rotatable bonds is 3. The van der Waals surface area contributed by atoms with E-state index in [2.05, 4.69) is 4.98 Å². The SMILES string of the molecule is COc1cnc(CO)c(C)c1C(F)F. The minimum absolute atomic E-state index is 0.0506. The van der Waals surface area contributed by atoms with Gasteiger partial charge in [-0.05, 0) is 12.5 Å². The van der Waals surface area contributed by atoms with E-state index < -0.39 is 6.43 Å². The van der Waals surface area contributed by atoms with Crippen LogP contribution in [-0.2, 0) is 6.61 Å². The minimum Gasteiger partial charge on any atom is -0.495 e. The smallest absolute Gasteiger partial charge is 0.267 e. The second-order valence-corrected chi connectivity index (χ2v) is 2.77. The molecule has 0 aliphatic carbocycles. The fourth-order valence-electron chi connectivity index (χ4n) is 1.24. The van der Waals surface area contributed by atoms with E-state index in [0.717, 1.165) is 0 Å². The van der Waals surface area contributed by atoms with Crippen LogP contribution >= 0.6 is 0 Å². The molecule has 0 spiro atoms. The first-order valence-electron chi connectivity index (χ1n) is 4.03. The summed E-state index contributed by atoms with van der Waals surface area (Å²) < 4.78 is 30.0. The van der Waals surface area contributed by atoms with Crippen molar-refractivity contribution in [2.75, 3.05) is 7.11 Å². The van der Waals surface area contributed by atoms with Gasteiger partial charge in [0, 0.05) is 0 Å². The van der Waals surface area contributed by atoms with Crippen molar-refractivity contribution < 1.29 is 18.6 Å². The second-order valence-electron chi connectivity index (χ2n) is 2.77. The second kappa shape index (κ2) is 4.32. The molecule has 0 atom stereocenters. The molecular weight excluding hydrogens is 192 g/mol. The third-order valence-corrected chi connectivity index (χ3v) is 2.03. The molecule has 14 heavy (non-hydrogen) atoms. The first-order chi connectivity index (χ1) is 6.61.